The van der Waals surface area contributed by atoms with Crippen LogP contribution in [0.15, 0.2) is 24.3 Å². The van der Waals surface area contributed by atoms with Crippen LogP contribution in [0.2, 0.25) is 0 Å². The highest BCUT2D eigenvalue weighted by molar-refractivity contribution is 5.87. The van der Waals surface area contributed by atoms with Gasteiger partial charge in [0, 0.05) is 18.0 Å². The zero-order valence-corrected chi connectivity index (χ0v) is 12.3. The van der Waals surface area contributed by atoms with Gasteiger partial charge in [0.25, 0.3) is 0 Å². The Morgan fingerprint density at radius 3 is 2.95 bits per heavy atom. The number of nitrogens with zero attached hydrogens (tertiary/aromatic N) is 2. The molecule has 110 valence electrons. The normalized spacial score (nSPS) is 18.2. The van der Waals surface area contributed by atoms with Crippen molar-refractivity contribution < 1.29 is 9.53 Å². The second-order valence-electron chi connectivity index (χ2n) is 5.43. The van der Waals surface area contributed by atoms with Gasteiger partial charge in [-0.05, 0) is 43.5 Å². The Labute approximate surface area is 123 Å². The van der Waals surface area contributed by atoms with Gasteiger partial charge in [-0.3, -0.25) is 4.79 Å². The van der Waals surface area contributed by atoms with Crippen molar-refractivity contribution in [3.8, 4) is 5.75 Å². The summed E-state index contributed by atoms with van der Waals surface area (Å²) < 4.78 is 5.26. The average molecular weight is 285 g/mol. The predicted molar refractivity (Wildman–Crippen MR) is 82.6 cm³/mol. The first-order valence-electron chi connectivity index (χ1n) is 7.11. The lowest BCUT2D eigenvalue weighted by molar-refractivity contribution is -0.119. The van der Waals surface area contributed by atoms with Crippen LogP contribution < -0.4 is 15.4 Å². The van der Waals surface area contributed by atoms with Gasteiger partial charge >= 0.3 is 0 Å². The third kappa shape index (κ3) is 2.39. The zero-order valence-electron chi connectivity index (χ0n) is 12.3. The van der Waals surface area contributed by atoms with Crippen molar-refractivity contribution in [2.75, 3.05) is 18.6 Å². The van der Waals surface area contributed by atoms with Crippen molar-refractivity contribution in [3.05, 3.63) is 29.8 Å². The summed E-state index contributed by atoms with van der Waals surface area (Å²) in [7, 11) is 1.64. The summed E-state index contributed by atoms with van der Waals surface area (Å²) in [6, 6.07) is 7.63. The number of nitrogens with two attached hydrogens (primary N) is 1. The van der Waals surface area contributed by atoms with Crippen LogP contribution in [0.4, 0.5) is 5.82 Å². The third-order valence-electron chi connectivity index (χ3n) is 4.09. The summed E-state index contributed by atoms with van der Waals surface area (Å²) in [6.45, 7) is 2.87. The van der Waals surface area contributed by atoms with E-state index in [9.17, 15) is 4.79 Å². The number of pyridine rings is 1. The fourth-order valence-electron chi connectivity index (χ4n) is 2.98. The predicted octanol–water partition coefficient (Wildman–Crippen LogP) is 2.01. The molecule has 21 heavy (non-hydrogen) atoms. The first-order valence-corrected chi connectivity index (χ1v) is 7.11. The van der Waals surface area contributed by atoms with Gasteiger partial charge in [-0.25, -0.2) is 4.98 Å². The van der Waals surface area contributed by atoms with E-state index in [1.54, 1.807) is 7.11 Å². The summed E-state index contributed by atoms with van der Waals surface area (Å²) in [5.41, 5.74) is 7.50. The molecule has 5 heteroatoms. The Hall–Kier alpha value is -2.30. The number of anilines is 1. The second-order valence-corrected chi connectivity index (χ2v) is 5.43. The van der Waals surface area contributed by atoms with E-state index in [0.29, 0.717) is 0 Å². The molecule has 0 spiro atoms. The van der Waals surface area contributed by atoms with Crippen LogP contribution in [0.1, 0.15) is 18.4 Å². The number of carbonyl (C=O) groups is 1. The monoisotopic (exact) mass is 285 g/mol. The third-order valence-corrected chi connectivity index (χ3v) is 4.09. The summed E-state index contributed by atoms with van der Waals surface area (Å²) in [6.07, 6.45) is 1.76. The molecule has 1 aliphatic rings. The molecule has 1 amide bonds. The number of fused-ring (bicyclic) bond motifs is 1. The van der Waals surface area contributed by atoms with Crippen molar-refractivity contribution in [2.45, 2.75) is 25.8 Å². The van der Waals surface area contributed by atoms with Gasteiger partial charge in [0.15, 0.2) is 0 Å². The maximum Gasteiger partial charge on any atom is 0.240 e. The number of aromatic nitrogens is 1. The Morgan fingerprint density at radius 2 is 2.24 bits per heavy atom. The van der Waals surface area contributed by atoms with Crippen molar-refractivity contribution >= 4 is 22.6 Å². The van der Waals surface area contributed by atoms with E-state index >= 15 is 0 Å². The molecule has 1 fully saturated rings. The number of ether oxygens (including phenoxy) is 1. The van der Waals surface area contributed by atoms with E-state index in [-0.39, 0.29) is 11.9 Å². The van der Waals surface area contributed by atoms with Crippen molar-refractivity contribution in [2.24, 2.45) is 5.73 Å². The number of hydrogen-bond acceptors (Lipinski definition) is 4. The van der Waals surface area contributed by atoms with Gasteiger partial charge in [-0.1, -0.05) is 0 Å². The van der Waals surface area contributed by atoms with E-state index in [4.69, 9.17) is 15.5 Å². The van der Waals surface area contributed by atoms with Gasteiger partial charge in [-0.15, -0.1) is 0 Å². The Morgan fingerprint density at radius 1 is 1.43 bits per heavy atom. The summed E-state index contributed by atoms with van der Waals surface area (Å²) in [5, 5.41) is 1.09. The number of primary amides is 1. The minimum atomic E-state index is -0.280. The molecule has 5 nitrogen and oxygen atoms in total. The highest BCUT2D eigenvalue weighted by Gasteiger charge is 2.30. The van der Waals surface area contributed by atoms with Crippen molar-refractivity contribution in [1.82, 2.24) is 4.98 Å². The molecule has 1 aromatic heterocycles. The molecule has 1 aliphatic heterocycles. The molecule has 0 bridgehead atoms. The number of aryl methyl sites for hydroxylation is 1. The molecule has 2 N–H and O–H groups in total. The molecule has 1 aromatic carbocycles. The van der Waals surface area contributed by atoms with E-state index in [0.717, 1.165) is 47.4 Å². The molecule has 0 radical (unpaired) electrons. The molecule has 0 aliphatic carbocycles. The number of carbonyl (C=O) groups excluding carboxylic acids is 1. The molecule has 2 heterocycles. The smallest absolute Gasteiger partial charge is 0.240 e. The fourth-order valence-corrected chi connectivity index (χ4v) is 2.98. The van der Waals surface area contributed by atoms with Crippen LogP contribution in [0.5, 0.6) is 5.75 Å². The van der Waals surface area contributed by atoms with Crippen molar-refractivity contribution in [1.29, 1.82) is 0 Å². The Bertz CT molecular complexity index is 699. The van der Waals surface area contributed by atoms with E-state index in [1.165, 1.54) is 0 Å². The highest BCUT2D eigenvalue weighted by Crippen LogP contribution is 2.29. The van der Waals surface area contributed by atoms with Gasteiger partial charge in [-0.2, -0.15) is 0 Å². The van der Waals surface area contributed by atoms with Gasteiger partial charge in [0.05, 0.1) is 12.6 Å². The summed E-state index contributed by atoms with van der Waals surface area (Å²) in [4.78, 5) is 18.3. The van der Waals surface area contributed by atoms with E-state index in [2.05, 4.69) is 6.92 Å². The quantitative estimate of drug-likeness (QED) is 0.936. The molecule has 3 rings (SSSR count). The maximum absolute atomic E-state index is 11.6. The summed E-state index contributed by atoms with van der Waals surface area (Å²) >= 11 is 0. The minimum absolute atomic E-state index is 0.250. The molecule has 0 saturated carbocycles. The second kappa shape index (κ2) is 5.24. The zero-order chi connectivity index (χ0) is 15.0. The lowest BCUT2D eigenvalue weighted by Crippen LogP contribution is -2.40. The van der Waals surface area contributed by atoms with Gasteiger partial charge in [0.2, 0.25) is 5.91 Å². The SMILES string of the molecule is COc1ccc2c(C)cc(N3CCCC3C(N)=O)nc2c1. The van der Waals surface area contributed by atoms with Crippen LogP contribution in [-0.4, -0.2) is 30.6 Å². The molecule has 2 aromatic rings. The minimum Gasteiger partial charge on any atom is -0.497 e. The van der Waals surface area contributed by atoms with Crippen molar-refractivity contribution in [3.63, 3.8) is 0 Å². The van der Waals surface area contributed by atoms with Gasteiger partial charge < -0.3 is 15.4 Å². The van der Waals surface area contributed by atoms with Crippen LogP contribution in [-0.2, 0) is 4.79 Å². The highest BCUT2D eigenvalue weighted by atomic mass is 16.5. The number of benzene rings is 1. The molecule has 1 saturated heterocycles. The Kier molecular flexibility index (Phi) is 3.41. The average Bonchev–Trinajstić information content (AvgIpc) is 2.96. The molecule has 1 atom stereocenters. The van der Waals surface area contributed by atoms with E-state index < -0.39 is 0 Å². The lowest BCUT2D eigenvalue weighted by Gasteiger charge is -2.24. The molecular weight excluding hydrogens is 266 g/mol. The van der Waals surface area contributed by atoms with Gasteiger partial charge in [0.1, 0.15) is 17.6 Å². The number of methoxy groups -OCH3 is 1. The number of amides is 1. The van der Waals surface area contributed by atoms with Crippen LogP contribution in [0.25, 0.3) is 10.9 Å². The maximum atomic E-state index is 11.6. The molecular formula is C16H19N3O2. The standard InChI is InChI=1S/C16H19N3O2/c1-10-8-15(19-7-3-4-14(19)16(17)20)18-13-9-11(21-2)5-6-12(10)13/h5-6,8-9,14H,3-4,7H2,1-2H3,(H2,17,20). The topological polar surface area (TPSA) is 68.5 Å². The van der Waals surface area contributed by atoms with Crippen LogP contribution in [0.3, 0.4) is 0 Å². The largest absolute Gasteiger partial charge is 0.497 e. The van der Waals surface area contributed by atoms with Crippen LogP contribution >= 0.6 is 0 Å². The first kappa shape index (κ1) is 13.7. The van der Waals surface area contributed by atoms with Crippen LogP contribution in [0, 0.1) is 6.92 Å². The Balaban J connectivity index is 2.08. The first-order chi connectivity index (χ1) is 10.1. The lowest BCUT2D eigenvalue weighted by atomic mass is 10.1. The number of rotatable bonds is 3. The fraction of sp³-hybridized carbons (Fsp3) is 0.375. The molecule has 1 unspecified atom stereocenters. The number of hydrogen-bond donors (Lipinski definition) is 1. The summed E-state index contributed by atoms with van der Waals surface area (Å²) in [5.74, 6) is 1.31. The van der Waals surface area contributed by atoms with E-state index in [1.807, 2.05) is 29.2 Å².